The molecule has 0 atom stereocenters. The summed E-state index contributed by atoms with van der Waals surface area (Å²) in [4.78, 5) is 0.0304. The minimum atomic E-state index is -3.99. The van der Waals surface area contributed by atoms with Crippen molar-refractivity contribution in [2.75, 3.05) is 24.7 Å². The summed E-state index contributed by atoms with van der Waals surface area (Å²) in [6, 6.07) is 6.45. The Hall–Kier alpha value is -2.94. The van der Waals surface area contributed by atoms with Crippen molar-refractivity contribution in [1.29, 1.82) is 0 Å². The SMILES string of the molecule is COc1cc2c(NS(=O)(=O)c3cc(C(C)C)c(C)cc3OC)noc2cc1N. The van der Waals surface area contributed by atoms with Crippen LogP contribution < -0.4 is 19.9 Å². The molecular weight excluding hydrogens is 382 g/mol. The summed E-state index contributed by atoms with van der Waals surface area (Å²) >= 11 is 0. The molecule has 0 fully saturated rings. The number of ether oxygens (including phenoxy) is 2. The summed E-state index contributed by atoms with van der Waals surface area (Å²) in [6.45, 7) is 5.92. The predicted molar refractivity (Wildman–Crippen MR) is 108 cm³/mol. The molecule has 0 aliphatic heterocycles. The predicted octanol–water partition coefficient (Wildman–Crippen LogP) is 3.66. The standard InChI is InChI=1S/C19H23N3O5S/c1-10(2)12-8-18(17(26-5)6-11(12)3)28(23,24)22-19-13-7-16(25-4)14(20)9-15(13)27-21-19/h6-10H,20H2,1-5H3,(H,21,22). The Kier molecular flexibility index (Phi) is 5.12. The second kappa shape index (κ2) is 7.23. The fourth-order valence-corrected chi connectivity index (χ4v) is 4.28. The van der Waals surface area contributed by atoms with Crippen molar-refractivity contribution < 1.29 is 22.4 Å². The van der Waals surface area contributed by atoms with Gasteiger partial charge in [0, 0.05) is 6.07 Å². The van der Waals surface area contributed by atoms with Crippen LogP contribution in [0.15, 0.2) is 33.7 Å². The fourth-order valence-electron chi connectivity index (χ4n) is 3.08. The third-order valence-corrected chi connectivity index (χ3v) is 5.88. The zero-order chi connectivity index (χ0) is 20.6. The van der Waals surface area contributed by atoms with Gasteiger partial charge in [-0.2, -0.15) is 0 Å². The summed E-state index contributed by atoms with van der Waals surface area (Å²) in [7, 11) is -1.09. The largest absolute Gasteiger partial charge is 0.495 e. The maximum atomic E-state index is 13.1. The lowest BCUT2D eigenvalue weighted by atomic mass is 9.98. The van der Waals surface area contributed by atoms with Crippen molar-refractivity contribution in [3.8, 4) is 11.5 Å². The topological polar surface area (TPSA) is 117 Å². The van der Waals surface area contributed by atoms with E-state index in [2.05, 4.69) is 9.88 Å². The van der Waals surface area contributed by atoms with E-state index in [4.69, 9.17) is 19.7 Å². The van der Waals surface area contributed by atoms with Gasteiger partial charge in [0.15, 0.2) is 11.4 Å². The van der Waals surface area contributed by atoms with Gasteiger partial charge in [-0.15, -0.1) is 0 Å². The van der Waals surface area contributed by atoms with Crippen LogP contribution in [0.5, 0.6) is 11.5 Å². The molecule has 150 valence electrons. The maximum Gasteiger partial charge on any atom is 0.266 e. The van der Waals surface area contributed by atoms with Gasteiger partial charge >= 0.3 is 0 Å². The van der Waals surface area contributed by atoms with Crippen LogP contribution in [0.3, 0.4) is 0 Å². The molecule has 0 saturated heterocycles. The maximum absolute atomic E-state index is 13.1. The van der Waals surface area contributed by atoms with Crippen LogP contribution >= 0.6 is 0 Å². The minimum Gasteiger partial charge on any atom is -0.495 e. The normalized spacial score (nSPS) is 11.8. The summed E-state index contributed by atoms with van der Waals surface area (Å²) < 4.78 is 44.4. The second-order valence-electron chi connectivity index (χ2n) is 6.74. The molecule has 0 spiro atoms. The van der Waals surface area contributed by atoms with Crippen molar-refractivity contribution in [1.82, 2.24) is 5.16 Å². The average Bonchev–Trinajstić information content (AvgIpc) is 3.00. The molecule has 0 amide bonds. The average molecular weight is 405 g/mol. The van der Waals surface area contributed by atoms with Crippen molar-refractivity contribution in [3.05, 3.63) is 35.4 Å². The van der Waals surface area contributed by atoms with Gasteiger partial charge in [-0.1, -0.05) is 19.0 Å². The number of nitrogens with one attached hydrogen (secondary N) is 1. The molecule has 8 nitrogen and oxygen atoms in total. The lowest BCUT2D eigenvalue weighted by Crippen LogP contribution is -2.15. The van der Waals surface area contributed by atoms with E-state index in [9.17, 15) is 8.42 Å². The number of methoxy groups -OCH3 is 2. The van der Waals surface area contributed by atoms with E-state index in [0.717, 1.165) is 11.1 Å². The number of benzene rings is 2. The number of sulfonamides is 1. The Morgan fingerprint density at radius 1 is 1.11 bits per heavy atom. The van der Waals surface area contributed by atoms with Crippen molar-refractivity contribution in [3.63, 3.8) is 0 Å². The number of anilines is 2. The first kappa shape index (κ1) is 19.8. The van der Waals surface area contributed by atoms with E-state index in [1.807, 2.05) is 20.8 Å². The molecule has 28 heavy (non-hydrogen) atoms. The molecule has 0 unspecified atom stereocenters. The lowest BCUT2D eigenvalue weighted by molar-refractivity contribution is 0.402. The van der Waals surface area contributed by atoms with Gasteiger partial charge in [0.25, 0.3) is 10.0 Å². The molecule has 3 rings (SSSR count). The number of nitrogens with zero attached hydrogens (tertiary/aromatic N) is 1. The Morgan fingerprint density at radius 3 is 2.39 bits per heavy atom. The van der Waals surface area contributed by atoms with Gasteiger partial charge in [0.05, 0.1) is 25.3 Å². The van der Waals surface area contributed by atoms with Crippen LogP contribution in [0.4, 0.5) is 11.5 Å². The third kappa shape index (κ3) is 3.45. The number of aromatic nitrogens is 1. The molecule has 1 heterocycles. The van der Waals surface area contributed by atoms with Gasteiger partial charge in [-0.3, -0.25) is 4.72 Å². The number of hydrogen-bond acceptors (Lipinski definition) is 7. The van der Waals surface area contributed by atoms with Crippen LogP contribution in [0.1, 0.15) is 30.9 Å². The molecule has 1 aromatic heterocycles. The summed E-state index contributed by atoms with van der Waals surface area (Å²) in [6.07, 6.45) is 0. The van der Waals surface area contributed by atoms with Crippen LogP contribution in [-0.4, -0.2) is 27.8 Å². The van der Waals surface area contributed by atoms with E-state index in [1.165, 1.54) is 20.3 Å². The third-order valence-electron chi connectivity index (χ3n) is 4.52. The Bertz CT molecular complexity index is 1140. The highest BCUT2D eigenvalue weighted by molar-refractivity contribution is 7.92. The monoisotopic (exact) mass is 405 g/mol. The molecule has 2 aromatic carbocycles. The van der Waals surface area contributed by atoms with Gasteiger partial charge in [-0.25, -0.2) is 8.42 Å². The van der Waals surface area contributed by atoms with Crippen LogP contribution in [-0.2, 0) is 10.0 Å². The van der Waals surface area contributed by atoms with E-state index < -0.39 is 10.0 Å². The highest BCUT2D eigenvalue weighted by Crippen LogP contribution is 2.35. The highest BCUT2D eigenvalue weighted by Gasteiger charge is 2.25. The van der Waals surface area contributed by atoms with E-state index in [1.54, 1.807) is 18.2 Å². The fraction of sp³-hybridized carbons (Fsp3) is 0.316. The molecule has 0 bridgehead atoms. The van der Waals surface area contributed by atoms with Gasteiger partial charge < -0.3 is 19.7 Å². The van der Waals surface area contributed by atoms with Crippen LogP contribution in [0.25, 0.3) is 11.0 Å². The van der Waals surface area contributed by atoms with Crippen molar-refractivity contribution >= 4 is 32.5 Å². The number of aryl methyl sites for hydroxylation is 1. The molecule has 9 heteroatoms. The Balaban J connectivity index is 2.10. The molecule has 3 N–H and O–H groups in total. The number of hydrogen-bond donors (Lipinski definition) is 2. The Morgan fingerprint density at radius 2 is 1.79 bits per heavy atom. The molecule has 0 saturated carbocycles. The minimum absolute atomic E-state index is 0.0304. The van der Waals surface area contributed by atoms with Crippen LogP contribution in [0.2, 0.25) is 0 Å². The summed E-state index contributed by atoms with van der Waals surface area (Å²) in [5.74, 6) is 0.845. The number of nitrogen functional groups attached to an aromatic ring is 1. The van der Waals surface area contributed by atoms with Crippen LogP contribution in [0, 0.1) is 6.92 Å². The molecule has 3 aromatic rings. The van der Waals surface area contributed by atoms with Gasteiger partial charge in [-0.05, 0) is 42.2 Å². The quantitative estimate of drug-likeness (QED) is 0.601. The highest BCUT2D eigenvalue weighted by atomic mass is 32.2. The summed E-state index contributed by atoms with van der Waals surface area (Å²) in [5, 5.41) is 4.27. The second-order valence-corrected chi connectivity index (χ2v) is 8.39. The lowest BCUT2D eigenvalue weighted by Gasteiger charge is -2.16. The first-order valence-corrected chi connectivity index (χ1v) is 10.1. The molecular formula is C19H23N3O5S. The van der Waals surface area contributed by atoms with Crippen molar-refractivity contribution in [2.45, 2.75) is 31.6 Å². The number of nitrogens with two attached hydrogens (primary N) is 1. The van der Waals surface area contributed by atoms with Gasteiger partial charge in [0.1, 0.15) is 16.4 Å². The molecule has 0 radical (unpaired) electrons. The van der Waals surface area contributed by atoms with Crippen molar-refractivity contribution in [2.24, 2.45) is 0 Å². The van der Waals surface area contributed by atoms with E-state index in [0.29, 0.717) is 22.4 Å². The molecule has 0 aliphatic carbocycles. The van der Waals surface area contributed by atoms with E-state index >= 15 is 0 Å². The smallest absolute Gasteiger partial charge is 0.266 e. The molecule has 0 aliphatic rings. The zero-order valence-electron chi connectivity index (χ0n) is 16.4. The first-order valence-electron chi connectivity index (χ1n) is 8.62. The van der Waals surface area contributed by atoms with Gasteiger partial charge in [0.2, 0.25) is 0 Å². The first-order chi connectivity index (χ1) is 13.2. The number of fused-ring (bicyclic) bond motifs is 1. The summed E-state index contributed by atoms with van der Waals surface area (Å²) in [5.41, 5.74) is 8.43. The van der Waals surface area contributed by atoms with E-state index in [-0.39, 0.29) is 22.4 Å². The Labute approximate surface area is 163 Å². The number of rotatable bonds is 6. The zero-order valence-corrected chi connectivity index (χ0v) is 17.2.